The SMILES string of the molecule is CCCCCCCC(=O)SCC/C=C/[C@H](CC(=O)NCc1nc(C2=N[C@](C)(C(C)=O)CS2)cs1)OC(=O)C(C)C(C)C. The normalized spacial score (nSPS) is 18.2. The number of unbranched alkanes of at least 4 members (excludes halogenated alkanes) is 4. The third-order valence-corrected chi connectivity index (χ3v) is 10.3. The molecule has 11 heteroatoms. The summed E-state index contributed by atoms with van der Waals surface area (Å²) in [6, 6.07) is 0. The number of esters is 1. The number of thioether (sulfide) groups is 2. The van der Waals surface area contributed by atoms with Gasteiger partial charge in [0.25, 0.3) is 0 Å². The Morgan fingerprint density at radius 1 is 1.17 bits per heavy atom. The van der Waals surface area contributed by atoms with E-state index in [1.165, 1.54) is 54.1 Å². The molecule has 0 spiro atoms. The zero-order valence-electron chi connectivity index (χ0n) is 25.9. The van der Waals surface area contributed by atoms with Crippen LogP contribution in [0.2, 0.25) is 0 Å². The Kier molecular flexibility index (Phi) is 16.1. The van der Waals surface area contributed by atoms with Crippen LogP contribution in [0, 0.1) is 11.8 Å². The average Bonchev–Trinajstić information content (AvgIpc) is 3.58. The number of carbonyl (C=O) groups excluding carboxylic acids is 4. The molecule has 1 aliphatic rings. The summed E-state index contributed by atoms with van der Waals surface area (Å²) >= 11 is 4.27. The van der Waals surface area contributed by atoms with Gasteiger partial charge in [-0.2, -0.15) is 0 Å². The fourth-order valence-electron chi connectivity index (χ4n) is 3.84. The predicted octanol–water partition coefficient (Wildman–Crippen LogP) is 6.76. The molecule has 0 aliphatic carbocycles. The maximum atomic E-state index is 12.8. The van der Waals surface area contributed by atoms with Gasteiger partial charge in [0.15, 0.2) is 10.9 Å². The van der Waals surface area contributed by atoms with Crippen molar-refractivity contribution in [3.63, 3.8) is 0 Å². The van der Waals surface area contributed by atoms with Crippen molar-refractivity contribution in [1.29, 1.82) is 0 Å². The molecule has 8 nitrogen and oxygen atoms in total. The van der Waals surface area contributed by atoms with E-state index < -0.39 is 11.6 Å². The highest BCUT2D eigenvalue weighted by Gasteiger charge is 2.36. The lowest BCUT2D eigenvalue weighted by atomic mass is 9.98. The van der Waals surface area contributed by atoms with Crippen molar-refractivity contribution in [2.45, 2.75) is 111 Å². The molecular formula is C31H47N3O5S3. The number of carbonyl (C=O) groups is 4. The summed E-state index contributed by atoms with van der Waals surface area (Å²) in [5.74, 6) is 0.521. The minimum Gasteiger partial charge on any atom is -0.457 e. The molecule has 0 saturated heterocycles. The third kappa shape index (κ3) is 12.7. The van der Waals surface area contributed by atoms with Crippen LogP contribution in [0.1, 0.15) is 104 Å². The quantitative estimate of drug-likeness (QED) is 0.101. The molecule has 2 heterocycles. The first-order chi connectivity index (χ1) is 19.9. The number of Topliss-reactive ketones (excluding diaryl/α,β-unsaturated/α-hetero) is 1. The summed E-state index contributed by atoms with van der Waals surface area (Å²) in [6.07, 6.45) is 9.82. The fraction of sp³-hybridized carbons (Fsp3) is 0.677. The minimum absolute atomic E-state index is 0.00531. The van der Waals surface area contributed by atoms with E-state index >= 15 is 0 Å². The molecule has 1 aliphatic heterocycles. The van der Waals surface area contributed by atoms with E-state index in [9.17, 15) is 19.2 Å². The summed E-state index contributed by atoms with van der Waals surface area (Å²) in [7, 11) is 0. The Labute approximate surface area is 263 Å². The maximum Gasteiger partial charge on any atom is 0.309 e. The second-order valence-corrected chi connectivity index (χ2v) is 14.3. The molecule has 0 radical (unpaired) electrons. The Bertz CT molecular complexity index is 1120. The van der Waals surface area contributed by atoms with E-state index in [2.05, 4.69) is 22.2 Å². The number of rotatable bonds is 19. The molecule has 1 aromatic heterocycles. The highest BCUT2D eigenvalue weighted by molar-refractivity contribution is 8.14. The van der Waals surface area contributed by atoms with Gasteiger partial charge in [-0.3, -0.25) is 24.2 Å². The number of ketones is 1. The summed E-state index contributed by atoms with van der Waals surface area (Å²) in [4.78, 5) is 58.6. The number of ether oxygens (including phenoxy) is 1. The number of nitrogens with one attached hydrogen (secondary N) is 1. The van der Waals surface area contributed by atoms with Crippen molar-refractivity contribution in [2.75, 3.05) is 11.5 Å². The van der Waals surface area contributed by atoms with E-state index in [0.29, 0.717) is 30.0 Å². The predicted molar refractivity (Wildman–Crippen MR) is 175 cm³/mol. The number of allylic oxidation sites excluding steroid dienone is 1. The highest BCUT2D eigenvalue weighted by Crippen LogP contribution is 2.32. The molecule has 3 atom stereocenters. The van der Waals surface area contributed by atoms with Crippen LogP contribution in [0.25, 0.3) is 0 Å². The smallest absolute Gasteiger partial charge is 0.309 e. The van der Waals surface area contributed by atoms with Crippen molar-refractivity contribution in [3.05, 3.63) is 28.2 Å². The van der Waals surface area contributed by atoms with Gasteiger partial charge in [-0.1, -0.05) is 71.2 Å². The topological polar surface area (TPSA) is 115 Å². The molecule has 0 aromatic carbocycles. The monoisotopic (exact) mass is 637 g/mol. The van der Waals surface area contributed by atoms with Gasteiger partial charge in [0.05, 0.1) is 18.9 Å². The molecule has 0 fully saturated rings. The molecule has 42 heavy (non-hydrogen) atoms. The summed E-state index contributed by atoms with van der Waals surface area (Å²) in [6.45, 7) is 11.5. The molecule has 234 valence electrons. The van der Waals surface area contributed by atoms with Gasteiger partial charge in [-0.15, -0.1) is 23.1 Å². The number of hydrogen-bond acceptors (Lipinski definition) is 10. The van der Waals surface area contributed by atoms with E-state index in [0.717, 1.165) is 22.9 Å². The second kappa shape index (κ2) is 18.6. The number of hydrogen-bond donors (Lipinski definition) is 1. The number of aliphatic imine (C=N–C) groups is 1. The number of thiazole rings is 1. The summed E-state index contributed by atoms with van der Waals surface area (Å²) < 4.78 is 5.70. The van der Waals surface area contributed by atoms with Gasteiger partial charge in [-0.25, -0.2) is 4.98 Å². The molecule has 1 N–H and O–H groups in total. The zero-order valence-corrected chi connectivity index (χ0v) is 28.4. The zero-order chi connectivity index (χ0) is 31.1. The van der Waals surface area contributed by atoms with Gasteiger partial charge >= 0.3 is 5.97 Å². The van der Waals surface area contributed by atoms with E-state index in [-0.39, 0.29) is 47.6 Å². The van der Waals surface area contributed by atoms with E-state index in [1.807, 2.05) is 39.2 Å². The maximum absolute atomic E-state index is 12.8. The lowest BCUT2D eigenvalue weighted by molar-refractivity contribution is -0.153. The van der Waals surface area contributed by atoms with Gasteiger partial charge in [0.1, 0.15) is 27.4 Å². The molecule has 0 saturated carbocycles. The van der Waals surface area contributed by atoms with Crippen molar-refractivity contribution < 1.29 is 23.9 Å². The van der Waals surface area contributed by atoms with Crippen LogP contribution < -0.4 is 5.32 Å². The Hall–Kier alpha value is -1.98. The first-order valence-corrected chi connectivity index (χ1v) is 17.8. The second-order valence-electron chi connectivity index (χ2n) is 11.3. The summed E-state index contributed by atoms with van der Waals surface area (Å²) in [5, 5.41) is 6.44. The van der Waals surface area contributed by atoms with Crippen molar-refractivity contribution in [3.8, 4) is 0 Å². The van der Waals surface area contributed by atoms with E-state index in [4.69, 9.17) is 4.74 Å². The standard InChI is InChI=1S/C31H47N3O5S3/c1-7-8-9-10-11-15-28(37)40-16-13-12-14-24(39-30(38)22(4)21(2)3)17-26(36)32-18-27-33-25(19-41-27)29-34-31(6,20-42-29)23(5)35/h12,14,19,21-22,24H,7-11,13,15-18,20H2,1-6H3,(H,32,36)/b14-12+/t22?,24-,31+/m1/s1. The number of nitrogens with zero attached hydrogens (tertiary/aromatic N) is 2. The van der Waals surface area contributed by atoms with Crippen LogP contribution in [0.5, 0.6) is 0 Å². The highest BCUT2D eigenvalue weighted by atomic mass is 32.2. The van der Waals surface area contributed by atoms with Crippen LogP contribution in [0.4, 0.5) is 0 Å². The largest absolute Gasteiger partial charge is 0.457 e. The molecular weight excluding hydrogens is 591 g/mol. The molecule has 2 rings (SSSR count). The van der Waals surface area contributed by atoms with Crippen molar-refractivity contribution >= 4 is 62.7 Å². The third-order valence-electron chi connectivity index (χ3n) is 7.21. The molecule has 0 bridgehead atoms. The first kappa shape index (κ1) is 36.2. The lowest BCUT2D eigenvalue weighted by Gasteiger charge is -2.19. The van der Waals surface area contributed by atoms with Crippen LogP contribution in [-0.4, -0.2) is 56.0 Å². The lowest BCUT2D eigenvalue weighted by Crippen LogP contribution is -2.31. The van der Waals surface area contributed by atoms with Gasteiger partial charge < -0.3 is 10.1 Å². The fourth-order valence-corrected chi connectivity index (χ4v) is 6.61. The minimum atomic E-state index is -0.715. The van der Waals surface area contributed by atoms with Crippen molar-refractivity contribution in [1.82, 2.24) is 10.3 Å². The van der Waals surface area contributed by atoms with Crippen LogP contribution in [0.15, 0.2) is 22.5 Å². The van der Waals surface area contributed by atoms with Crippen LogP contribution >= 0.6 is 34.9 Å². The Balaban J connectivity index is 1.87. The van der Waals surface area contributed by atoms with Crippen LogP contribution in [0.3, 0.4) is 0 Å². The van der Waals surface area contributed by atoms with Crippen LogP contribution in [-0.2, 0) is 30.5 Å². The Morgan fingerprint density at radius 2 is 1.90 bits per heavy atom. The Morgan fingerprint density at radius 3 is 2.57 bits per heavy atom. The van der Waals surface area contributed by atoms with Crippen molar-refractivity contribution in [2.24, 2.45) is 16.8 Å². The van der Waals surface area contributed by atoms with E-state index in [1.54, 1.807) is 13.0 Å². The van der Waals surface area contributed by atoms with Gasteiger partial charge in [0.2, 0.25) is 5.91 Å². The molecule has 1 unspecified atom stereocenters. The summed E-state index contributed by atoms with van der Waals surface area (Å²) in [5.41, 5.74) is -0.00267. The molecule has 1 aromatic rings. The van der Waals surface area contributed by atoms with Gasteiger partial charge in [-0.05, 0) is 38.7 Å². The van der Waals surface area contributed by atoms with Gasteiger partial charge in [0, 0.05) is 23.3 Å². The molecule has 1 amide bonds. The number of amides is 1. The average molecular weight is 638 g/mol. The number of aromatic nitrogens is 1. The first-order valence-electron chi connectivity index (χ1n) is 14.9.